The van der Waals surface area contributed by atoms with Crippen LogP contribution >= 0.6 is 0 Å². The summed E-state index contributed by atoms with van der Waals surface area (Å²) in [7, 11) is 0. The van der Waals surface area contributed by atoms with E-state index in [1.165, 1.54) is 0 Å². The fraction of sp³-hybridized carbons (Fsp3) is 0.529. The first kappa shape index (κ1) is 16.3. The zero-order valence-corrected chi connectivity index (χ0v) is 13.4. The molecule has 0 aromatic heterocycles. The van der Waals surface area contributed by atoms with Crippen molar-refractivity contribution in [2.75, 3.05) is 0 Å². The second-order valence-corrected chi connectivity index (χ2v) is 7.22. The molecule has 0 radical (unpaired) electrons. The molecule has 0 atom stereocenters. The second kappa shape index (κ2) is 5.29. The van der Waals surface area contributed by atoms with E-state index in [4.69, 9.17) is 11.3 Å². The lowest BCUT2D eigenvalue weighted by molar-refractivity contribution is -0.0891. The van der Waals surface area contributed by atoms with Crippen LogP contribution in [0.3, 0.4) is 0 Å². The molecular formula is C17H22N2O3. The van der Waals surface area contributed by atoms with Crippen molar-refractivity contribution < 1.29 is 14.6 Å². The molecule has 0 aliphatic heterocycles. The molecule has 0 bridgehead atoms. The van der Waals surface area contributed by atoms with Crippen LogP contribution in [-0.4, -0.2) is 22.4 Å². The maximum Gasteiger partial charge on any atom is 0.408 e. The number of ether oxygens (including phenoxy) is 1. The molecule has 1 fully saturated rings. The molecule has 1 aliphatic carbocycles. The Morgan fingerprint density at radius 2 is 1.86 bits per heavy atom. The average Bonchev–Trinajstić information content (AvgIpc) is 2.34. The van der Waals surface area contributed by atoms with Crippen LogP contribution in [0.25, 0.3) is 4.85 Å². The third kappa shape index (κ3) is 3.58. The molecule has 118 valence electrons. The average molecular weight is 302 g/mol. The summed E-state index contributed by atoms with van der Waals surface area (Å²) in [6.45, 7) is 14.2. The molecule has 0 saturated heterocycles. The summed E-state index contributed by atoms with van der Waals surface area (Å²) in [6.07, 6.45) is 0.324. The summed E-state index contributed by atoms with van der Waals surface area (Å²) >= 11 is 0. The van der Waals surface area contributed by atoms with Crippen LogP contribution in [0.15, 0.2) is 24.3 Å². The number of benzene rings is 1. The minimum Gasteiger partial charge on any atom is -0.444 e. The molecule has 22 heavy (non-hydrogen) atoms. The zero-order valence-electron chi connectivity index (χ0n) is 13.4. The molecule has 2 rings (SSSR count). The van der Waals surface area contributed by atoms with E-state index >= 15 is 0 Å². The van der Waals surface area contributed by atoms with Gasteiger partial charge in [-0.1, -0.05) is 24.3 Å². The quantitative estimate of drug-likeness (QED) is 0.822. The lowest BCUT2D eigenvalue weighted by Gasteiger charge is -2.52. The highest BCUT2D eigenvalue weighted by molar-refractivity contribution is 5.70. The summed E-state index contributed by atoms with van der Waals surface area (Å²) in [4.78, 5) is 15.5. The number of amides is 1. The monoisotopic (exact) mass is 302 g/mol. The van der Waals surface area contributed by atoms with Crippen molar-refractivity contribution in [3.05, 3.63) is 41.2 Å². The standard InChI is InChI=1S/C17H22N2O3/c1-15(2,3)22-14(20)19-17(10-16(4,21)11-17)12-6-8-13(18-5)9-7-12/h6-9,21H,10-11H2,1-4H3,(H,19,20)/t16-,17-. The number of hydrogen-bond donors (Lipinski definition) is 2. The number of aliphatic hydroxyl groups is 1. The summed E-state index contributed by atoms with van der Waals surface area (Å²) in [5, 5.41) is 13.0. The Labute approximate surface area is 131 Å². The second-order valence-electron chi connectivity index (χ2n) is 7.22. The van der Waals surface area contributed by atoms with Crippen molar-refractivity contribution in [2.45, 2.75) is 57.3 Å². The van der Waals surface area contributed by atoms with Crippen LogP contribution in [0, 0.1) is 6.57 Å². The van der Waals surface area contributed by atoms with Crippen LogP contribution in [0.1, 0.15) is 46.1 Å². The molecule has 2 N–H and O–H groups in total. The number of alkyl carbamates (subject to hydrolysis) is 1. The smallest absolute Gasteiger partial charge is 0.408 e. The molecule has 1 amide bonds. The lowest BCUT2D eigenvalue weighted by atomic mass is 9.62. The Hall–Kier alpha value is -2.06. The van der Waals surface area contributed by atoms with Gasteiger partial charge in [-0.15, -0.1) is 0 Å². The Balaban J connectivity index is 2.22. The normalized spacial score (nSPS) is 27.5. The summed E-state index contributed by atoms with van der Waals surface area (Å²) in [6, 6.07) is 7.07. The molecule has 1 aromatic carbocycles. The minimum absolute atomic E-state index is 0.413. The molecular weight excluding hydrogens is 280 g/mol. The predicted octanol–water partition coefficient (Wildman–Crippen LogP) is 3.50. The van der Waals surface area contributed by atoms with Gasteiger partial charge in [-0.05, 0) is 33.3 Å². The van der Waals surface area contributed by atoms with Crippen molar-refractivity contribution in [1.82, 2.24) is 5.32 Å². The van der Waals surface area contributed by atoms with Crippen molar-refractivity contribution in [1.29, 1.82) is 0 Å². The first-order valence-corrected chi connectivity index (χ1v) is 7.27. The lowest BCUT2D eigenvalue weighted by Crippen LogP contribution is -2.62. The summed E-state index contributed by atoms with van der Waals surface area (Å²) in [5.41, 5.74) is -0.620. The van der Waals surface area contributed by atoms with Crippen LogP contribution in [-0.2, 0) is 10.3 Å². The highest BCUT2D eigenvalue weighted by Gasteiger charge is 2.53. The van der Waals surface area contributed by atoms with E-state index in [9.17, 15) is 9.90 Å². The van der Waals surface area contributed by atoms with Gasteiger partial charge in [0.2, 0.25) is 0 Å². The number of carbonyl (C=O) groups excluding carboxylic acids is 1. The SMILES string of the molecule is [C-]#[N+]c1ccc([C@]2(NC(=O)OC(C)(C)C)C[C@](C)(O)C2)cc1. The highest BCUT2D eigenvalue weighted by Crippen LogP contribution is 2.48. The van der Waals surface area contributed by atoms with Gasteiger partial charge < -0.3 is 15.2 Å². The van der Waals surface area contributed by atoms with E-state index < -0.39 is 22.8 Å². The molecule has 5 heteroatoms. The predicted molar refractivity (Wildman–Crippen MR) is 83.6 cm³/mol. The zero-order chi connectivity index (χ0) is 16.6. The van der Waals surface area contributed by atoms with Gasteiger partial charge in [-0.25, -0.2) is 9.64 Å². The van der Waals surface area contributed by atoms with Crippen LogP contribution in [0.4, 0.5) is 10.5 Å². The fourth-order valence-corrected chi connectivity index (χ4v) is 2.97. The maximum absolute atomic E-state index is 12.1. The van der Waals surface area contributed by atoms with Crippen molar-refractivity contribution >= 4 is 11.8 Å². The third-order valence-corrected chi connectivity index (χ3v) is 3.65. The number of nitrogens with zero attached hydrogens (tertiary/aromatic N) is 1. The van der Waals surface area contributed by atoms with E-state index in [2.05, 4.69) is 10.2 Å². The van der Waals surface area contributed by atoms with E-state index in [1.807, 2.05) is 12.1 Å². The van der Waals surface area contributed by atoms with Crippen LogP contribution < -0.4 is 5.32 Å². The van der Waals surface area contributed by atoms with Gasteiger partial charge in [0.1, 0.15) is 5.60 Å². The van der Waals surface area contributed by atoms with Crippen molar-refractivity contribution in [3.8, 4) is 0 Å². The molecule has 0 heterocycles. The first-order valence-electron chi connectivity index (χ1n) is 7.27. The summed E-state index contributed by atoms with van der Waals surface area (Å²) in [5.74, 6) is 0. The molecule has 0 unspecified atom stereocenters. The summed E-state index contributed by atoms with van der Waals surface area (Å²) < 4.78 is 5.32. The molecule has 1 aliphatic rings. The van der Waals surface area contributed by atoms with Gasteiger partial charge in [0.05, 0.1) is 17.7 Å². The minimum atomic E-state index is -0.812. The van der Waals surface area contributed by atoms with Gasteiger partial charge in [0.15, 0.2) is 5.69 Å². The molecule has 5 nitrogen and oxygen atoms in total. The molecule has 1 saturated carbocycles. The Morgan fingerprint density at radius 1 is 1.32 bits per heavy atom. The number of nitrogens with one attached hydrogen (secondary N) is 1. The number of carbonyl (C=O) groups is 1. The maximum atomic E-state index is 12.1. The van der Waals surface area contributed by atoms with Crippen LogP contribution in [0.2, 0.25) is 0 Å². The van der Waals surface area contributed by atoms with Gasteiger partial charge in [-0.2, -0.15) is 0 Å². The van der Waals surface area contributed by atoms with E-state index in [1.54, 1.807) is 39.8 Å². The fourth-order valence-electron chi connectivity index (χ4n) is 2.97. The number of hydrogen-bond acceptors (Lipinski definition) is 3. The van der Waals surface area contributed by atoms with Crippen molar-refractivity contribution in [3.63, 3.8) is 0 Å². The van der Waals surface area contributed by atoms with Crippen LogP contribution in [0.5, 0.6) is 0 Å². The first-order chi connectivity index (χ1) is 10.1. The Morgan fingerprint density at radius 3 is 2.27 bits per heavy atom. The van der Waals surface area contributed by atoms with Crippen molar-refractivity contribution in [2.24, 2.45) is 0 Å². The molecule has 1 aromatic rings. The Kier molecular flexibility index (Phi) is 3.92. The molecule has 0 spiro atoms. The van der Waals surface area contributed by atoms with E-state index in [0.29, 0.717) is 18.5 Å². The van der Waals surface area contributed by atoms with E-state index in [-0.39, 0.29) is 0 Å². The van der Waals surface area contributed by atoms with E-state index in [0.717, 1.165) is 5.56 Å². The topological polar surface area (TPSA) is 62.9 Å². The van der Waals surface area contributed by atoms with Gasteiger partial charge in [0.25, 0.3) is 0 Å². The number of rotatable bonds is 2. The highest BCUT2D eigenvalue weighted by atomic mass is 16.6. The largest absolute Gasteiger partial charge is 0.444 e. The Bertz CT molecular complexity index is 598. The third-order valence-electron chi connectivity index (χ3n) is 3.65. The van der Waals surface area contributed by atoms with Gasteiger partial charge in [-0.3, -0.25) is 0 Å². The van der Waals surface area contributed by atoms with Gasteiger partial charge >= 0.3 is 6.09 Å². The van der Waals surface area contributed by atoms with Gasteiger partial charge in [0, 0.05) is 12.8 Å².